The Hall–Kier alpha value is -0.740. The minimum Gasteiger partial charge on any atom is -0.382 e. The first-order valence-corrected chi connectivity index (χ1v) is 9.00. The SMILES string of the molecule is C[C@@H]1CC[C@H](Nc2cc(Cl)ccc2CS(C)(=O)=O)C1. The van der Waals surface area contributed by atoms with Gasteiger partial charge in [0.05, 0.1) is 5.75 Å². The molecule has 0 unspecified atom stereocenters. The molecule has 1 N–H and O–H groups in total. The maximum absolute atomic E-state index is 11.5. The third-order valence-electron chi connectivity index (χ3n) is 3.54. The summed E-state index contributed by atoms with van der Waals surface area (Å²) < 4.78 is 22.9. The van der Waals surface area contributed by atoms with Crippen molar-refractivity contribution in [2.24, 2.45) is 5.92 Å². The van der Waals surface area contributed by atoms with Gasteiger partial charge in [0.2, 0.25) is 0 Å². The zero-order chi connectivity index (χ0) is 14.0. The molecule has 0 bridgehead atoms. The topological polar surface area (TPSA) is 46.2 Å². The smallest absolute Gasteiger partial charge is 0.151 e. The molecule has 1 aromatic carbocycles. The summed E-state index contributed by atoms with van der Waals surface area (Å²) in [5.41, 5.74) is 1.66. The monoisotopic (exact) mass is 301 g/mol. The van der Waals surface area contributed by atoms with Gasteiger partial charge in [0, 0.05) is 23.0 Å². The van der Waals surface area contributed by atoms with E-state index >= 15 is 0 Å². The molecule has 0 aliphatic heterocycles. The van der Waals surface area contributed by atoms with Crippen molar-refractivity contribution in [1.82, 2.24) is 0 Å². The molecular weight excluding hydrogens is 282 g/mol. The number of nitrogens with one attached hydrogen (secondary N) is 1. The van der Waals surface area contributed by atoms with Crippen LogP contribution in [0.2, 0.25) is 5.02 Å². The van der Waals surface area contributed by atoms with Crippen LogP contribution >= 0.6 is 11.6 Å². The second kappa shape index (κ2) is 5.71. The van der Waals surface area contributed by atoms with Gasteiger partial charge in [-0.15, -0.1) is 0 Å². The predicted octanol–water partition coefficient (Wildman–Crippen LogP) is 3.49. The summed E-state index contributed by atoms with van der Waals surface area (Å²) >= 11 is 6.01. The van der Waals surface area contributed by atoms with Crippen molar-refractivity contribution in [1.29, 1.82) is 0 Å². The van der Waals surface area contributed by atoms with Crippen molar-refractivity contribution >= 4 is 27.1 Å². The average molecular weight is 302 g/mol. The minimum atomic E-state index is -3.04. The molecule has 1 aliphatic rings. The standard InChI is InChI=1S/C14H20ClNO2S/c1-10-3-6-13(7-10)16-14-8-12(15)5-4-11(14)9-19(2,17)18/h4-5,8,10,13,16H,3,6-7,9H2,1-2H3/t10-,13+/m1/s1. The van der Waals surface area contributed by atoms with E-state index in [1.807, 2.05) is 6.07 Å². The molecule has 1 aromatic rings. The summed E-state index contributed by atoms with van der Waals surface area (Å²) in [6, 6.07) is 5.78. The van der Waals surface area contributed by atoms with Crippen LogP contribution in [0.3, 0.4) is 0 Å². The normalized spacial score (nSPS) is 23.5. The number of benzene rings is 1. The highest BCUT2D eigenvalue weighted by Crippen LogP contribution is 2.30. The fourth-order valence-corrected chi connectivity index (χ4v) is 3.64. The molecule has 0 radical (unpaired) electrons. The molecule has 2 rings (SSSR count). The quantitative estimate of drug-likeness (QED) is 0.926. The lowest BCUT2D eigenvalue weighted by Crippen LogP contribution is -2.17. The Labute approximate surface area is 120 Å². The van der Waals surface area contributed by atoms with Crippen LogP contribution in [0.1, 0.15) is 31.7 Å². The van der Waals surface area contributed by atoms with Gasteiger partial charge in [-0.2, -0.15) is 0 Å². The van der Waals surface area contributed by atoms with Gasteiger partial charge in [0.1, 0.15) is 0 Å². The Morgan fingerprint density at radius 2 is 2.11 bits per heavy atom. The average Bonchev–Trinajstić information content (AvgIpc) is 2.66. The summed E-state index contributed by atoms with van der Waals surface area (Å²) in [7, 11) is -3.04. The van der Waals surface area contributed by atoms with Crippen LogP contribution < -0.4 is 5.32 Å². The van der Waals surface area contributed by atoms with E-state index < -0.39 is 9.84 Å². The zero-order valence-corrected chi connectivity index (χ0v) is 12.9. The van der Waals surface area contributed by atoms with Gasteiger partial charge in [-0.05, 0) is 42.9 Å². The summed E-state index contributed by atoms with van der Waals surface area (Å²) in [5.74, 6) is 0.782. The molecular formula is C14H20ClNO2S. The van der Waals surface area contributed by atoms with Crippen molar-refractivity contribution in [2.45, 2.75) is 38.0 Å². The molecule has 0 saturated heterocycles. The first-order valence-electron chi connectivity index (χ1n) is 6.56. The first kappa shape index (κ1) is 14.7. The maximum atomic E-state index is 11.5. The first-order chi connectivity index (χ1) is 8.83. The molecule has 5 heteroatoms. The third-order valence-corrected chi connectivity index (χ3v) is 4.61. The molecule has 3 nitrogen and oxygen atoms in total. The molecule has 2 atom stereocenters. The van der Waals surface area contributed by atoms with Crippen molar-refractivity contribution in [3.05, 3.63) is 28.8 Å². The minimum absolute atomic E-state index is 0.0504. The Morgan fingerprint density at radius 3 is 2.68 bits per heavy atom. The number of sulfone groups is 1. The highest BCUT2D eigenvalue weighted by molar-refractivity contribution is 7.89. The number of hydrogen-bond donors (Lipinski definition) is 1. The summed E-state index contributed by atoms with van der Waals surface area (Å²) in [4.78, 5) is 0. The van der Waals surface area contributed by atoms with E-state index in [2.05, 4.69) is 12.2 Å². The second-order valence-corrected chi connectivity index (χ2v) is 8.21. The molecule has 0 aromatic heterocycles. The van der Waals surface area contributed by atoms with Gasteiger partial charge in [-0.1, -0.05) is 24.6 Å². The van der Waals surface area contributed by atoms with Crippen LogP contribution in [-0.2, 0) is 15.6 Å². The van der Waals surface area contributed by atoms with E-state index in [-0.39, 0.29) is 5.75 Å². The molecule has 0 amide bonds. The second-order valence-electron chi connectivity index (χ2n) is 5.63. The lowest BCUT2D eigenvalue weighted by atomic mass is 10.1. The maximum Gasteiger partial charge on any atom is 0.151 e. The predicted molar refractivity (Wildman–Crippen MR) is 80.4 cm³/mol. The molecule has 19 heavy (non-hydrogen) atoms. The highest BCUT2D eigenvalue weighted by Gasteiger charge is 2.22. The lowest BCUT2D eigenvalue weighted by molar-refractivity contribution is 0.600. The fourth-order valence-electron chi connectivity index (χ4n) is 2.65. The van der Waals surface area contributed by atoms with Crippen LogP contribution in [0.25, 0.3) is 0 Å². The molecule has 0 spiro atoms. The number of anilines is 1. The highest BCUT2D eigenvalue weighted by atomic mass is 35.5. The van der Waals surface area contributed by atoms with E-state index in [1.165, 1.54) is 12.7 Å². The van der Waals surface area contributed by atoms with Gasteiger partial charge >= 0.3 is 0 Å². The number of rotatable bonds is 4. The van der Waals surface area contributed by atoms with Crippen LogP contribution in [0.5, 0.6) is 0 Å². The lowest BCUT2D eigenvalue weighted by Gasteiger charge is -2.17. The third kappa shape index (κ3) is 4.39. The number of halogens is 1. The summed E-state index contributed by atoms with van der Waals surface area (Å²) in [6.45, 7) is 2.25. The van der Waals surface area contributed by atoms with Gasteiger partial charge in [-0.3, -0.25) is 0 Å². The zero-order valence-electron chi connectivity index (χ0n) is 11.3. The van der Waals surface area contributed by atoms with E-state index in [1.54, 1.807) is 12.1 Å². The van der Waals surface area contributed by atoms with Crippen LogP contribution in [0.15, 0.2) is 18.2 Å². The Morgan fingerprint density at radius 1 is 1.37 bits per heavy atom. The largest absolute Gasteiger partial charge is 0.382 e. The van der Waals surface area contributed by atoms with Crippen molar-refractivity contribution < 1.29 is 8.42 Å². The van der Waals surface area contributed by atoms with E-state index in [0.29, 0.717) is 11.1 Å². The summed E-state index contributed by atoms with van der Waals surface area (Å²) in [5, 5.41) is 4.08. The van der Waals surface area contributed by atoms with Gasteiger partial charge in [0.25, 0.3) is 0 Å². The van der Waals surface area contributed by atoms with Crippen molar-refractivity contribution in [3.63, 3.8) is 0 Å². The van der Waals surface area contributed by atoms with E-state index in [9.17, 15) is 8.42 Å². The van der Waals surface area contributed by atoms with Gasteiger partial charge in [-0.25, -0.2) is 8.42 Å². The molecule has 1 fully saturated rings. The molecule has 106 valence electrons. The van der Waals surface area contributed by atoms with Gasteiger partial charge < -0.3 is 5.32 Å². The Bertz CT molecular complexity index is 557. The Kier molecular flexibility index (Phi) is 4.41. The fraction of sp³-hybridized carbons (Fsp3) is 0.571. The van der Waals surface area contributed by atoms with E-state index in [0.717, 1.165) is 30.0 Å². The molecule has 0 heterocycles. The van der Waals surface area contributed by atoms with Crippen LogP contribution in [-0.4, -0.2) is 20.7 Å². The van der Waals surface area contributed by atoms with Crippen molar-refractivity contribution in [2.75, 3.05) is 11.6 Å². The van der Waals surface area contributed by atoms with Crippen LogP contribution in [0, 0.1) is 5.92 Å². The number of hydrogen-bond acceptors (Lipinski definition) is 3. The molecule has 1 aliphatic carbocycles. The molecule has 1 saturated carbocycles. The Balaban J connectivity index is 2.20. The van der Waals surface area contributed by atoms with Crippen molar-refractivity contribution in [3.8, 4) is 0 Å². The summed E-state index contributed by atoms with van der Waals surface area (Å²) in [6.07, 6.45) is 4.74. The van der Waals surface area contributed by atoms with Gasteiger partial charge in [0.15, 0.2) is 9.84 Å². The van der Waals surface area contributed by atoms with E-state index in [4.69, 9.17) is 11.6 Å². The van der Waals surface area contributed by atoms with Crippen LogP contribution in [0.4, 0.5) is 5.69 Å².